The molecule has 1 spiro atoms. The van der Waals surface area contributed by atoms with Crippen molar-refractivity contribution in [2.24, 2.45) is 11.3 Å². The first-order valence-electron chi connectivity index (χ1n) is 7.76. The van der Waals surface area contributed by atoms with Crippen molar-refractivity contribution in [1.29, 1.82) is 0 Å². The maximum atomic E-state index is 12.7. The Kier molecular flexibility index (Phi) is 3.71. The predicted octanol–water partition coefficient (Wildman–Crippen LogP) is 1.64. The largest absolute Gasteiger partial charge is 0.308 e. The highest BCUT2D eigenvalue weighted by Gasteiger charge is 2.61. The van der Waals surface area contributed by atoms with E-state index >= 15 is 0 Å². The summed E-state index contributed by atoms with van der Waals surface area (Å²) < 4.78 is 48.4. The first-order chi connectivity index (χ1) is 10.5. The molecule has 0 bridgehead atoms. The molecule has 5 nitrogen and oxygen atoms in total. The molecule has 23 heavy (non-hydrogen) atoms. The minimum Gasteiger partial charge on any atom is -0.308 e. The van der Waals surface area contributed by atoms with E-state index in [2.05, 4.69) is 19.2 Å². The molecule has 0 amide bonds. The molecule has 1 saturated heterocycles. The van der Waals surface area contributed by atoms with Crippen molar-refractivity contribution in [3.8, 4) is 0 Å². The Morgan fingerprint density at radius 1 is 1.09 bits per heavy atom. The molecule has 1 aliphatic heterocycles. The Labute approximate surface area is 138 Å². The summed E-state index contributed by atoms with van der Waals surface area (Å²) in [6.07, 6.45) is 3.04. The lowest BCUT2D eigenvalue weighted by Gasteiger charge is -2.32. The zero-order valence-corrected chi connectivity index (χ0v) is 15.3. The van der Waals surface area contributed by atoms with E-state index < -0.39 is 19.7 Å². The number of nitrogens with one attached hydrogen (secondary N) is 1. The Bertz CT molecular complexity index is 819. The van der Waals surface area contributed by atoms with Gasteiger partial charge in [-0.25, -0.2) is 16.8 Å². The number of hydrogen-bond acceptors (Lipinski definition) is 5. The Balaban J connectivity index is 1.83. The van der Waals surface area contributed by atoms with Gasteiger partial charge in [-0.05, 0) is 48.4 Å². The summed E-state index contributed by atoms with van der Waals surface area (Å²) in [6.45, 7) is 5.26. The van der Waals surface area contributed by atoms with E-state index in [1.165, 1.54) is 24.3 Å². The van der Waals surface area contributed by atoms with E-state index in [-0.39, 0.29) is 32.4 Å². The summed E-state index contributed by atoms with van der Waals surface area (Å²) in [5.41, 5.74) is 0.0695. The van der Waals surface area contributed by atoms with Crippen molar-refractivity contribution in [2.75, 3.05) is 18.6 Å². The summed E-state index contributed by atoms with van der Waals surface area (Å²) in [5.74, 6) is 0.221. The molecule has 2 unspecified atom stereocenters. The van der Waals surface area contributed by atoms with Crippen LogP contribution in [0.2, 0.25) is 0 Å². The van der Waals surface area contributed by atoms with Crippen LogP contribution in [0.5, 0.6) is 0 Å². The molecule has 7 heteroatoms. The molecule has 1 N–H and O–H groups in total. The van der Waals surface area contributed by atoms with E-state index in [0.29, 0.717) is 0 Å². The summed E-state index contributed by atoms with van der Waals surface area (Å²) in [5, 5.41) is 3.42. The summed E-state index contributed by atoms with van der Waals surface area (Å²) in [7, 11) is -6.74. The molecule has 0 aromatic heterocycles. The topological polar surface area (TPSA) is 90.2 Å². The lowest BCUT2D eigenvalue weighted by molar-refractivity contribution is 0.231. The van der Waals surface area contributed by atoms with Gasteiger partial charge in [-0.15, -0.1) is 0 Å². The summed E-state index contributed by atoms with van der Waals surface area (Å²) in [6, 6.07) is 5.54. The summed E-state index contributed by atoms with van der Waals surface area (Å²) in [4.78, 5) is 0.337. The van der Waals surface area contributed by atoms with Crippen LogP contribution in [0, 0.1) is 11.3 Å². The van der Waals surface area contributed by atoms with Gasteiger partial charge in [-0.3, -0.25) is 0 Å². The minimum atomic E-state index is -3.42. The third-order valence-corrected chi connectivity index (χ3v) is 8.77. The number of rotatable bonds is 4. The second-order valence-electron chi connectivity index (χ2n) is 7.42. The fourth-order valence-corrected chi connectivity index (χ4v) is 6.27. The van der Waals surface area contributed by atoms with Crippen LogP contribution < -0.4 is 5.32 Å². The maximum Gasteiger partial charge on any atom is 0.178 e. The van der Waals surface area contributed by atoms with Gasteiger partial charge in [0.05, 0.1) is 15.5 Å². The van der Waals surface area contributed by atoms with Crippen LogP contribution in [0.3, 0.4) is 0 Å². The molecule has 2 fully saturated rings. The highest BCUT2D eigenvalue weighted by molar-refractivity contribution is 7.91. The highest BCUT2D eigenvalue weighted by atomic mass is 32.2. The zero-order chi connectivity index (χ0) is 17.1. The van der Waals surface area contributed by atoms with Crippen LogP contribution in [0.15, 0.2) is 34.1 Å². The van der Waals surface area contributed by atoms with Gasteiger partial charge in [0.1, 0.15) is 0 Å². The molecule has 1 aliphatic carbocycles. The summed E-state index contributed by atoms with van der Waals surface area (Å²) >= 11 is 0. The minimum absolute atomic E-state index is 0.0488. The van der Waals surface area contributed by atoms with Gasteiger partial charge in [0.25, 0.3) is 0 Å². The van der Waals surface area contributed by atoms with Gasteiger partial charge >= 0.3 is 0 Å². The Morgan fingerprint density at radius 2 is 1.61 bits per heavy atom. The molecule has 1 aromatic rings. The van der Waals surface area contributed by atoms with Crippen molar-refractivity contribution < 1.29 is 16.8 Å². The number of sulfone groups is 2. The van der Waals surface area contributed by atoms with Gasteiger partial charge in [0, 0.05) is 18.3 Å². The van der Waals surface area contributed by atoms with Crippen LogP contribution >= 0.6 is 0 Å². The third kappa shape index (κ3) is 2.83. The molecule has 0 radical (unpaired) electrons. The normalized spacial score (nSPS) is 29.8. The molecular weight excluding hydrogens is 334 g/mol. The maximum absolute atomic E-state index is 12.7. The van der Waals surface area contributed by atoms with Crippen LogP contribution in [0.25, 0.3) is 0 Å². The van der Waals surface area contributed by atoms with Crippen molar-refractivity contribution >= 4 is 19.7 Å². The van der Waals surface area contributed by atoms with Crippen molar-refractivity contribution in [1.82, 2.24) is 5.32 Å². The van der Waals surface area contributed by atoms with Crippen molar-refractivity contribution in [3.63, 3.8) is 0 Å². The monoisotopic (exact) mass is 357 g/mol. The van der Waals surface area contributed by atoms with Crippen molar-refractivity contribution in [2.45, 2.75) is 42.0 Å². The standard InChI is InChI=1S/C16H23NO4S2/c1-15(2)12(8-9-16(15)11-17-16)10-23(20,21)14-6-4-13(5-7-14)22(3,18)19/h4-7,12,17H,8-11H2,1-3H3. The second-order valence-corrected chi connectivity index (χ2v) is 11.5. The average Bonchev–Trinajstić information content (AvgIpc) is 3.20. The van der Waals surface area contributed by atoms with E-state index in [1.807, 2.05) is 0 Å². The SMILES string of the molecule is CC1(C)C(CS(=O)(=O)c2ccc(S(C)(=O)=O)cc2)CCC12CN2. The van der Waals surface area contributed by atoms with E-state index in [9.17, 15) is 16.8 Å². The second kappa shape index (κ2) is 5.04. The Hall–Kier alpha value is -0.920. The van der Waals surface area contributed by atoms with Crippen LogP contribution in [-0.2, 0) is 19.7 Å². The van der Waals surface area contributed by atoms with Crippen molar-refractivity contribution in [3.05, 3.63) is 24.3 Å². The first-order valence-corrected chi connectivity index (χ1v) is 11.3. The quantitative estimate of drug-likeness (QED) is 0.827. The molecule has 1 heterocycles. The molecule has 2 atom stereocenters. The van der Waals surface area contributed by atoms with Crippen LogP contribution in [0.4, 0.5) is 0 Å². The van der Waals surface area contributed by atoms with Gasteiger partial charge in [0.2, 0.25) is 0 Å². The van der Waals surface area contributed by atoms with Gasteiger partial charge < -0.3 is 5.32 Å². The van der Waals surface area contributed by atoms with E-state index in [4.69, 9.17) is 0 Å². The average molecular weight is 357 g/mol. The van der Waals surface area contributed by atoms with Crippen LogP contribution in [0.1, 0.15) is 26.7 Å². The molecule has 1 aromatic carbocycles. The van der Waals surface area contributed by atoms with Crippen LogP contribution in [-0.4, -0.2) is 40.9 Å². The fourth-order valence-electron chi connectivity index (χ4n) is 3.78. The number of benzene rings is 1. The third-order valence-electron chi connectivity index (χ3n) is 5.81. The Morgan fingerprint density at radius 3 is 2.04 bits per heavy atom. The fraction of sp³-hybridized carbons (Fsp3) is 0.625. The van der Waals surface area contributed by atoms with Gasteiger partial charge in [0.15, 0.2) is 19.7 Å². The lowest BCUT2D eigenvalue weighted by Crippen LogP contribution is -2.37. The highest BCUT2D eigenvalue weighted by Crippen LogP contribution is 2.55. The molecule has 3 rings (SSSR count). The number of hydrogen-bond donors (Lipinski definition) is 1. The van der Waals surface area contributed by atoms with Gasteiger partial charge in [-0.2, -0.15) is 0 Å². The lowest BCUT2D eigenvalue weighted by atomic mass is 9.76. The van der Waals surface area contributed by atoms with E-state index in [0.717, 1.165) is 25.6 Å². The molecule has 128 valence electrons. The molecular formula is C16H23NO4S2. The van der Waals surface area contributed by atoms with Gasteiger partial charge in [-0.1, -0.05) is 13.8 Å². The van der Waals surface area contributed by atoms with E-state index in [1.54, 1.807) is 0 Å². The molecule has 2 aliphatic rings. The molecule has 1 saturated carbocycles. The zero-order valence-electron chi connectivity index (χ0n) is 13.7. The predicted molar refractivity (Wildman–Crippen MR) is 88.8 cm³/mol. The smallest absolute Gasteiger partial charge is 0.178 e. The first kappa shape index (κ1) is 16.9.